The maximum atomic E-state index is 11.9. The number of likely N-dealkylation sites (tertiary alicyclic amines) is 1. The fraction of sp³-hybridized carbons (Fsp3) is 0.550. The summed E-state index contributed by atoms with van der Waals surface area (Å²) in [5.41, 5.74) is 2.79. The van der Waals surface area contributed by atoms with E-state index in [-0.39, 0.29) is 5.63 Å². The third-order valence-corrected chi connectivity index (χ3v) is 5.35. The molecule has 1 aromatic heterocycles. The molecule has 0 aliphatic carbocycles. The summed E-state index contributed by atoms with van der Waals surface area (Å²) in [6, 6.07) is 4.02. The molecule has 1 atom stereocenters. The molecule has 0 radical (unpaired) electrons. The number of phenolic OH excluding ortho intramolecular Hbond substituents is 1. The van der Waals surface area contributed by atoms with Crippen molar-refractivity contribution in [2.75, 3.05) is 6.54 Å². The molecular weight excluding hydrogens is 302 g/mol. The average Bonchev–Trinajstić information content (AvgIpc) is 2.57. The van der Waals surface area contributed by atoms with Gasteiger partial charge in [-0.1, -0.05) is 20.3 Å². The number of benzene rings is 1. The zero-order valence-corrected chi connectivity index (χ0v) is 14.9. The van der Waals surface area contributed by atoms with Crippen LogP contribution in [0.3, 0.4) is 0 Å². The molecule has 0 unspecified atom stereocenters. The average molecular weight is 329 g/mol. The Morgan fingerprint density at radius 3 is 2.79 bits per heavy atom. The number of hydrogen-bond donors (Lipinski definition) is 1. The molecule has 24 heavy (non-hydrogen) atoms. The predicted octanol–water partition coefficient (Wildman–Crippen LogP) is 4.13. The second-order valence-electron chi connectivity index (χ2n) is 6.87. The minimum Gasteiger partial charge on any atom is -0.507 e. The highest BCUT2D eigenvalue weighted by molar-refractivity contribution is 5.86. The molecule has 130 valence electrons. The van der Waals surface area contributed by atoms with Crippen LogP contribution in [0.25, 0.3) is 11.0 Å². The van der Waals surface area contributed by atoms with Crippen LogP contribution in [-0.2, 0) is 13.0 Å². The molecule has 0 saturated carbocycles. The Morgan fingerprint density at radius 2 is 2.08 bits per heavy atom. The van der Waals surface area contributed by atoms with E-state index in [1.807, 2.05) is 19.9 Å². The highest BCUT2D eigenvalue weighted by Crippen LogP contribution is 2.35. The number of aromatic hydroxyl groups is 1. The van der Waals surface area contributed by atoms with Gasteiger partial charge in [0, 0.05) is 24.0 Å². The van der Waals surface area contributed by atoms with Gasteiger partial charge in [-0.3, -0.25) is 4.90 Å². The summed E-state index contributed by atoms with van der Waals surface area (Å²) < 4.78 is 5.52. The van der Waals surface area contributed by atoms with Crippen molar-refractivity contribution < 1.29 is 9.52 Å². The third kappa shape index (κ3) is 3.07. The number of phenols is 1. The Hall–Kier alpha value is -1.81. The molecule has 1 N–H and O–H groups in total. The second kappa shape index (κ2) is 6.98. The van der Waals surface area contributed by atoms with Crippen molar-refractivity contribution in [3.8, 4) is 5.75 Å². The lowest BCUT2D eigenvalue weighted by atomic mass is 9.96. The Morgan fingerprint density at radius 1 is 1.29 bits per heavy atom. The van der Waals surface area contributed by atoms with E-state index in [1.165, 1.54) is 25.3 Å². The summed E-state index contributed by atoms with van der Waals surface area (Å²) in [6.07, 6.45) is 5.52. The Labute approximate surface area is 143 Å². The highest BCUT2D eigenvalue weighted by Gasteiger charge is 2.24. The van der Waals surface area contributed by atoms with Crippen LogP contribution in [0.15, 0.2) is 21.3 Å². The minimum absolute atomic E-state index is 0.291. The van der Waals surface area contributed by atoms with E-state index < -0.39 is 0 Å². The third-order valence-electron chi connectivity index (χ3n) is 5.35. The number of hydrogen-bond acceptors (Lipinski definition) is 4. The van der Waals surface area contributed by atoms with Crippen molar-refractivity contribution in [1.82, 2.24) is 4.90 Å². The molecule has 3 rings (SSSR count). The molecule has 1 aliphatic heterocycles. The van der Waals surface area contributed by atoms with Gasteiger partial charge in [-0.25, -0.2) is 4.79 Å². The quantitative estimate of drug-likeness (QED) is 0.857. The van der Waals surface area contributed by atoms with Crippen molar-refractivity contribution in [2.24, 2.45) is 0 Å². The molecule has 4 heteroatoms. The largest absolute Gasteiger partial charge is 0.507 e. The van der Waals surface area contributed by atoms with Crippen molar-refractivity contribution in [3.63, 3.8) is 0 Å². The monoisotopic (exact) mass is 329 g/mol. The molecule has 0 spiro atoms. The second-order valence-corrected chi connectivity index (χ2v) is 6.87. The van der Waals surface area contributed by atoms with Gasteiger partial charge in [-0.05, 0) is 56.3 Å². The molecule has 1 aliphatic rings. The molecule has 1 aromatic carbocycles. The van der Waals surface area contributed by atoms with Gasteiger partial charge in [0.2, 0.25) is 0 Å². The zero-order valence-electron chi connectivity index (χ0n) is 14.9. The summed E-state index contributed by atoms with van der Waals surface area (Å²) in [5.74, 6) is 0.291. The summed E-state index contributed by atoms with van der Waals surface area (Å²) in [4.78, 5) is 14.3. The first kappa shape index (κ1) is 17.0. The number of aryl methyl sites for hydroxylation is 2. The lowest BCUT2D eigenvalue weighted by Gasteiger charge is -2.35. The smallest absolute Gasteiger partial charge is 0.336 e. The van der Waals surface area contributed by atoms with Gasteiger partial charge < -0.3 is 9.52 Å². The number of piperidine rings is 1. The van der Waals surface area contributed by atoms with E-state index in [0.29, 0.717) is 23.9 Å². The fourth-order valence-corrected chi connectivity index (χ4v) is 3.92. The standard InChI is InChI=1S/C20H27NO3/c1-4-14-11-16-13(3)10-18(22)24-20(16)17(19(14)23)12-21-9-7-6-8-15(21)5-2/h10-11,15,23H,4-9,12H2,1-3H3/t15-/m1/s1. The highest BCUT2D eigenvalue weighted by atomic mass is 16.4. The van der Waals surface area contributed by atoms with Crippen LogP contribution in [0.5, 0.6) is 5.75 Å². The SMILES string of the molecule is CCc1cc2c(C)cc(=O)oc2c(CN2CCCC[C@H]2CC)c1O. The van der Waals surface area contributed by atoms with Crippen molar-refractivity contribution in [2.45, 2.75) is 65.5 Å². The van der Waals surface area contributed by atoms with Crippen molar-refractivity contribution in [3.05, 3.63) is 39.2 Å². The Bertz CT molecular complexity index is 794. The lowest BCUT2D eigenvalue weighted by molar-refractivity contribution is 0.135. The summed E-state index contributed by atoms with van der Waals surface area (Å²) in [6.45, 7) is 7.85. The maximum absolute atomic E-state index is 11.9. The Kier molecular flexibility index (Phi) is 4.95. The predicted molar refractivity (Wildman–Crippen MR) is 96.6 cm³/mol. The number of fused-ring (bicyclic) bond motifs is 1. The van der Waals surface area contributed by atoms with E-state index in [1.54, 1.807) is 0 Å². The number of rotatable bonds is 4. The van der Waals surface area contributed by atoms with Crippen LogP contribution in [0.4, 0.5) is 0 Å². The van der Waals surface area contributed by atoms with Crippen LogP contribution < -0.4 is 5.63 Å². The van der Waals surface area contributed by atoms with Gasteiger partial charge in [-0.15, -0.1) is 0 Å². The van der Waals surface area contributed by atoms with Gasteiger partial charge >= 0.3 is 5.63 Å². The van der Waals surface area contributed by atoms with Crippen LogP contribution in [-0.4, -0.2) is 22.6 Å². The van der Waals surface area contributed by atoms with Gasteiger partial charge in [0.05, 0.1) is 5.56 Å². The van der Waals surface area contributed by atoms with Crippen LogP contribution in [0.1, 0.15) is 56.2 Å². The molecule has 1 saturated heterocycles. The molecule has 2 heterocycles. The van der Waals surface area contributed by atoms with Crippen LogP contribution in [0, 0.1) is 6.92 Å². The summed E-state index contributed by atoms with van der Waals surface area (Å²) in [7, 11) is 0. The Balaban J connectivity index is 2.14. The van der Waals surface area contributed by atoms with E-state index in [0.717, 1.165) is 41.5 Å². The molecule has 0 amide bonds. The van der Waals surface area contributed by atoms with E-state index >= 15 is 0 Å². The molecule has 4 nitrogen and oxygen atoms in total. The first-order valence-corrected chi connectivity index (χ1v) is 9.07. The normalized spacial score (nSPS) is 19.0. The van der Waals surface area contributed by atoms with Gasteiger partial charge in [-0.2, -0.15) is 0 Å². The van der Waals surface area contributed by atoms with Crippen LogP contribution in [0.2, 0.25) is 0 Å². The van der Waals surface area contributed by atoms with E-state index in [2.05, 4.69) is 11.8 Å². The topological polar surface area (TPSA) is 53.7 Å². The fourth-order valence-electron chi connectivity index (χ4n) is 3.92. The first-order valence-electron chi connectivity index (χ1n) is 9.07. The summed E-state index contributed by atoms with van der Waals surface area (Å²) >= 11 is 0. The van der Waals surface area contributed by atoms with Crippen molar-refractivity contribution in [1.29, 1.82) is 0 Å². The molecule has 0 bridgehead atoms. The lowest BCUT2D eigenvalue weighted by Crippen LogP contribution is -2.38. The van der Waals surface area contributed by atoms with Gasteiger partial charge in [0.25, 0.3) is 0 Å². The first-order chi connectivity index (χ1) is 11.5. The maximum Gasteiger partial charge on any atom is 0.336 e. The van der Waals surface area contributed by atoms with Crippen molar-refractivity contribution >= 4 is 11.0 Å². The van der Waals surface area contributed by atoms with Gasteiger partial charge in [0.1, 0.15) is 11.3 Å². The molecular formula is C20H27NO3. The van der Waals surface area contributed by atoms with E-state index in [4.69, 9.17) is 4.42 Å². The molecule has 1 fully saturated rings. The molecule has 2 aromatic rings. The number of nitrogens with zero attached hydrogens (tertiary/aromatic N) is 1. The minimum atomic E-state index is -0.351. The zero-order chi connectivity index (χ0) is 17.3. The van der Waals surface area contributed by atoms with E-state index in [9.17, 15) is 9.90 Å². The van der Waals surface area contributed by atoms with Gasteiger partial charge in [0.15, 0.2) is 0 Å². The summed E-state index contributed by atoms with van der Waals surface area (Å²) in [5, 5.41) is 11.7. The van der Waals surface area contributed by atoms with Crippen LogP contribution >= 0.6 is 0 Å².